The molecule has 0 aliphatic rings. The molecular formula is C13H16N4O2. The maximum atomic E-state index is 11.1. The fourth-order valence-corrected chi connectivity index (χ4v) is 1.87. The second kappa shape index (κ2) is 5.62. The number of hydrogen-bond donors (Lipinski definition) is 2. The number of nitrogens with zero attached hydrogens (tertiary/aromatic N) is 3. The van der Waals surface area contributed by atoms with Crippen LogP contribution >= 0.6 is 0 Å². The maximum absolute atomic E-state index is 11.1. The first-order valence-electron chi connectivity index (χ1n) is 5.97. The predicted molar refractivity (Wildman–Crippen MR) is 69.7 cm³/mol. The number of hydrogen-bond acceptors (Lipinski definition) is 4. The summed E-state index contributed by atoms with van der Waals surface area (Å²) in [6, 6.07) is 3.97. The van der Waals surface area contributed by atoms with Gasteiger partial charge in [-0.25, -0.2) is 4.79 Å². The van der Waals surface area contributed by atoms with Crippen LogP contribution in [-0.4, -0.2) is 25.8 Å². The zero-order chi connectivity index (χ0) is 13.8. The zero-order valence-electron chi connectivity index (χ0n) is 10.9. The van der Waals surface area contributed by atoms with Gasteiger partial charge in [0, 0.05) is 32.0 Å². The highest BCUT2D eigenvalue weighted by Gasteiger charge is 2.15. The summed E-state index contributed by atoms with van der Waals surface area (Å²) in [6.45, 7) is 2.47. The molecule has 0 aliphatic carbocycles. The molecule has 2 rings (SSSR count). The van der Waals surface area contributed by atoms with Gasteiger partial charge in [-0.2, -0.15) is 5.10 Å². The number of aromatic nitrogens is 3. The molecule has 0 amide bonds. The van der Waals surface area contributed by atoms with E-state index in [2.05, 4.69) is 15.4 Å². The molecule has 100 valence electrons. The molecule has 0 unspecified atom stereocenters. The molecular weight excluding hydrogens is 244 g/mol. The number of aromatic carboxylic acids is 1. The number of nitrogens with one attached hydrogen (secondary N) is 1. The molecule has 19 heavy (non-hydrogen) atoms. The molecule has 6 nitrogen and oxygen atoms in total. The lowest BCUT2D eigenvalue weighted by Gasteiger charge is -2.14. The van der Waals surface area contributed by atoms with Gasteiger partial charge in [0.2, 0.25) is 0 Å². The Hall–Kier alpha value is -2.21. The van der Waals surface area contributed by atoms with Crippen molar-refractivity contribution in [3.05, 3.63) is 47.5 Å². The molecule has 1 atom stereocenters. The summed E-state index contributed by atoms with van der Waals surface area (Å²) in [7, 11) is 1.74. The number of pyridine rings is 1. The van der Waals surface area contributed by atoms with Crippen LogP contribution in [0.5, 0.6) is 0 Å². The monoisotopic (exact) mass is 260 g/mol. The van der Waals surface area contributed by atoms with Crippen LogP contribution in [0.25, 0.3) is 0 Å². The highest BCUT2D eigenvalue weighted by Crippen LogP contribution is 2.13. The van der Waals surface area contributed by atoms with E-state index in [0.717, 1.165) is 5.56 Å². The van der Waals surface area contributed by atoms with Gasteiger partial charge in [-0.15, -0.1) is 0 Å². The predicted octanol–water partition coefficient (Wildman–Crippen LogP) is 1.36. The third-order valence-corrected chi connectivity index (χ3v) is 3.07. The van der Waals surface area contributed by atoms with E-state index in [1.54, 1.807) is 24.1 Å². The van der Waals surface area contributed by atoms with Crippen LogP contribution in [0.3, 0.4) is 0 Å². The van der Waals surface area contributed by atoms with Gasteiger partial charge in [0.25, 0.3) is 0 Å². The largest absolute Gasteiger partial charge is 0.478 e. The Bertz CT molecular complexity index is 565. The molecule has 0 aromatic carbocycles. The number of carboxylic acid groups (broad SMARTS) is 1. The molecule has 0 aliphatic heterocycles. The summed E-state index contributed by atoms with van der Waals surface area (Å²) >= 11 is 0. The molecule has 0 bridgehead atoms. The van der Waals surface area contributed by atoms with Crippen LogP contribution in [0.1, 0.15) is 34.6 Å². The summed E-state index contributed by atoms with van der Waals surface area (Å²) in [4.78, 5) is 15.0. The summed E-state index contributed by atoms with van der Waals surface area (Å²) in [5.74, 6) is -0.957. The fourth-order valence-electron chi connectivity index (χ4n) is 1.87. The first-order chi connectivity index (χ1) is 9.09. The van der Waals surface area contributed by atoms with Crippen molar-refractivity contribution in [1.29, 1.82) is 0 Å². The van der Waals surface area contributed by atoms with Crippen LogP contribution < -0.4 is 5.32 Å². The van der Waals surface area contributed by atoms with Crippen molar-refractivity contribution in [3.8, 4) is 0 Å². The fraction of sp³-hybridized carbons (Fsp3) is 0.308. The summed E-state index contributed by atoms with van der Waals surface area (Å²) in [5.41, 5.74) is 2.00. The van der Waals surface area contributed by atoms with Crippen LogP contribution in [0, 0.1) is 0 Å². The minimum absolute atomic E-state index is 0.111. The summed E-state index contributed by atoms with van der Waals surface area (Å²) in [5, 5.41) is 16.3. The average Bonchev–Trinajstić information content (AvgIpc) is 2.78. The molecule has 2 aromatic rings. The van der Waals surface area contributed by atoms with E-state index in [1.807, 2.05) is 19.1 Å². The first kappa shape index (κ1) is 13.2. The van der Waals surface area contributed by atoms with Gasteiger partial charge in [-0.05, 0) is 24.6 Å². The van der Waals surface area contributed by atoms with Crippen LogP contribution in [-0.2, 0) is 13.6 Å². The van der Waals surface area contributed by atoms with E-state index in [9.17, 15) is 4.79 Å². The van der Waals surface area contributed by atoms with Crippen molar-refractivity contribution in [2.75, 3.05) is 0 Å². The zero-order valence-corrected chi connectivity index (χ0v) is 10.9. The quantitative estimate of drug-likeness (QED) is 0.848. The van der Waals surface area contributed by atoms with Crippen molar-refractivity contribution in [2.45, 2.75) is 19.5 Å². The highest BCUT2D eigenvalue weighted by molar-refractivity contribution is 5.88. The Balaban J connectivity index is 2.07. The van der Waals surface area contributed by atoms with E-state index in [-0.39, 0.29) is 11.6 Å². The number of carbonyl (C=O) groups is 1. The molecule has 2 aromatic heterocycles. The van der Waals surface area contributed by atoms with Crippen LogP contribution in [0.2, 0.25) is 0 Å². The molecule has 0 fully saturated rings. The third kappa shape index (κ3) is 2.97. The SMILES string of the molecule is C[C@H](NCc1c(C(=O)O)cnn1C)c1ccncc1. The molecule has 0 radical (unpaired) electrons. The van der Waals surface area contributed by atoms with E-state index in [1.165, 1.54) is 6.20 Å². The summed E-state index contributed by atoms with van der Waals surface area (Å²) < 4.78 is 1.58. The second-order valence-electron chi connectivity index (χ2n) is 4.32. The summed E-state index contributed by atoms with van der Waals surface area (Å²) in [6.07, 6.45) is 4.84. The molecule has 2 heterocycles. The maximum Gasteiger partial charge on any atom is 0.339 e. The van der Waals surface area contributed by atoms with Crippen molar-refractivity contribution in [2.24, 2.45) is 7.05 Å². The van der Waals surface area contributed by atoms with Gasteiger partial charge in [0.1, 0.15) is 5.56 Å². The van der Waals surface area contributed by atoms with Crippen LogP contribution in [0.4, 0.5) is 0 Å². The van der Waals surface area contributed by atoms with E-state index in [4.69, 9.17) is 5.11 Å². The smallest absolute Gasteiger partial charge is 0.339 e. The Morgan fingerprint density at radius 1 is 1.47 bits per heavy atom. The van der Waals surface area contributed by atoms with Gasteiger partial charge < -0.3 is 10.4 Å². The van der Waals surface area contributed by atoms with E-state index < -0.39 is 5.97 Å². The number of carboxylic acids is 1. The normalized spacial score (nSPS) is 12.3. The topological polar surface area (TPSA) is 80.0 Å². The van der Waals surface area contributed by atoms with Crippen molar-refractivity contribution in [3.63, 3.8) is 0 Å². The Kier molecular flexibility index (Phi) is 3.91. The molecule has 6 heteroatoms. The Morgan fingerprint density at radius 3 is 2.79 bits per heavy atom. The lowest BCUT2D eigenvalue weighted by molar-refractivity contribution is 0.0695. The van der Waals surface area contributed by atoms with E-state index in [0.29, 0.717) is 12.2 Å². The average molecular weight is 260 g/mol. The number of rotatable bonds is 5. The van der Waals surface area contributed by atoms with E-state index >= 15 is 0 Å². The Labute approximate surface area is 111 Å². The van der Waals surface area contributed by atoms with Crippen molar-refractivity contribution >= 4 is 5.97 Å². The minimum Gasteiger partial charge on any atom is -0.478 e. The van der Waals surface area contributed by atoms with Crippen molar-refractivity contribution in [1.82, 2.24) is 20.1 Å². The third-order valence-electron chi connectivity index (χ3n) is 3.07. The van der Waals surface area contributed by atoms with Gasteiger partial charge in [0.05, 0.1) is 11.9 Å². The first-order valence-corrected chi connectivity index (χ1v) is 5.97. The van der Waals surface area contributed by atoms with Gasteiger partial charge in [0.15, 0.2) is 0 Å². The molecule has 0 spiro atoms. The van der Waals surface area contributed by atoms with Crippen LogP contribution in [0.15, 0.2) is 30.7 Å². The minimum atomic E-state index is -0.957. The van der Waals surface area contributed by atoms with Crippen molar-refractivity contribution < 1.29 is 9.90 Å². The van der Waals surface area contributed by atoms with Gasteiger partial charge in [-0.1, -0.05) is 0 Å². The highest BCUT2D eigenvalue weighted by atomic mass is 16.4. The molecule has 2 N–H and O–H groups in total. The van der Waals surface area contributed by atoms with Gasteiger partial charge in [-0.3, -0.25) is 9.67 Å². The second-order valence-corrected chi connectivity index (χ2v) is 4.32. The molecule has 0 saturated carbocycles. The van der Waals surface area contributed by atoms with Gasteiger partial charge >= 0.3 is 5.97 Å². The Morgan fingerprint density at radius 2 is 2.16 bits per heavy atom. The lowest BCUT2D eigenvalue weighted by atomic mass is 10.1. The molecule has 0 saturated heterocycles. The standard InChI is InChI=1S/C13H16N4O2/c1-9(10-3-5-14-6-4-10)15-8-12-11(13(18)19)7-16-17(12)2/h3-7,9,15H,8H2,1-2H3,(H,18,19)/t9-/m0/s1. The number of aryl methyl sites for hydroxylation is 1. The lowest BCUT2D eigenvalue weighted by Crippen LogP contribution is -2.21.